The minimum absolute atomic E-state index is 0.362. The van der Waals surface area contributed by atoms with Crippen molar-refractivity contribution in [3.05, 3.63) is 24.0 Å². The molecule has 0 aliphatic carbocycles. The van der Waals surface area contributed by atoms with Crippen molar-refractivity contribution in [3.8, 4) is 0 Å². The zero-order chi connectivity index (χ0) is 8.53. The van der Waals surface area contributed by atoms with Crippen LogP contribution in [0, 0.1) is 0 Å². The van der Waals surface area contributed by atoms with Crippen LogP contribution < -0.4 is 0 Å². The second-order valence-corrected chi connectivity index (χ2v) is 2.61. The molecule has 11 heavy (non-hydrogen) atoms. The van der Waals surface area contributed by atoms with Crippen LogP contribution in [0.1, 0.15) is 39.5 Å². The number of rotatable bonds is 5. The predicted molar refractivity (Wildman–Crippen MR) is 49.7 cm³/mol. The topological polar surface area (TPSA) is 20.2 Å². The molecule has 0 saturated carbocycles. The van der Waals surface area contributed by atoms with Crippen molar-refractivity contribution in [2.24, 2.45) is 0 Å². The smallest absolute Gasteiger partial charge is 0.110 e. The lowest BCUT2D eigenvalue weighted by Gasteiger charge is -1.91. The molecule has 0 bridgehead atoms. The molecule has 0 saturated heterocycles. The minimum atomic E-state index is 0.362. The van der Waals surface area contributed by atoms with E-state index in [2.05, 4.69) is 6.92 Å². The zero-order valence-corrected chi connectivity index (χ0v) is 7.51. The summed E-state index contributed by atoms with van der Waals surface area (Å²) < 4.78 is 0. The van der Waals surface area contributed by atoms with E-state index < -0.39 is 0 Å². The Labute approximate surface area is 69.4 Å². The van der Waals surface area contributed by atoms with E-state index >= 15 is 0 Å². The highest BCUT2D eigenvalue weighted by molar-refractivity contribution is 5.08. The van der Waals surface area contributed by atoms with E-state index in [1.165, 1.54) is 19.3 Å². The normalized spacial score (nSPS) is 12.7. The summed E-state index contributed by atoms with van der Waals surface area (Å²) in [4.78, 5) is 0. The van der Waals surface area contributed by atoms with Gasteiger partial charge in [0.15, 0.2) is 0 Å². The van der Waals surface area contributed by atoms with E-state index in [1.54, 1.807) is 12.2 Å². The highest BCUT2D eigenvalue weighted by Gasteiger charge is 1.82. The summed E-state index contributed by atoms with van der Waals surface area (Å²) in [6, 6.07) is 0. The van der Waals surface area contributed by atoms with Crippen LogP contribution in [0.5, 0.6) is 0 Å². The van der Waals surface area contributed by atoms with Crippen LogP contribution in [-0.2, 0) is 0 Å². The fourth-order valence-corrected chi connectivity index (χ4v) is 0.812. The fourth-order valence-electron chi connectivity index (χ4n) is 0.812. The molecule has 0 aliphatic rings. The molecule has 0 heterocycles. The number of aliphatic hydroxyl groups is 1. The number of aliphatic hydroxyl groups excluding tert-OH is 1. The van der Waals surface area contributed by atoms with Gasteiger partial charge in [-0.15, -0.1) is 0 Å². The van der Waals surface area contributed by atoms with Gasteiger partial charge in [0.05, 0.1) is 0 Å². The quantitative estimate of drug-likeness (QED) is 0.364. The van der Waals surface area contributed by atoms with Crippen molar-refractivity contribution in [2.45, 2.75) is 39.5 Å². The molecule has 0 aromatic rings. The van der Waals surface area contributed by atoms with E-state index in [9.17, 15) is 0 Å². The molecule has 64 valence electrons. The van der Waals surface area contributed by atoms with Gasteiger partial charge in [0.2, 0.25) is 0 Å². The first-order chi connectivity index (χ1) is 5.31. The Bertz CT molecular complexity index is 134. The van der Waals surface area contributed by atoms with Gasteiger partial charge in [0, 0.05) is 0 Å². The molecule has 0 aromatic carbocycles. The summed E-state index contributed by atoms with van der Waals surface area (Å²) in [7, 11) is 0. The molecule has 1 N–H and O–H groups in total. The molecule has 0 spiro atoms. The third-order valence-corrected chi connectivity index (χ3v) is 1.56. The molecule has 0 aliphatic heterocycles. The summed E-state index contributed by atoms with van der Waals surface area (Å²) >= 11 is 0. The molecule has 0 amide bonds. The first kappa shape index (κ1) is 10.3. The molecule has 0 rings (SSSR count). The van der Waals surface area contributed by atoms with Crippen molar-refractivity contribution >= 4 is 0 Å². The van der Waals surface area contributed by atoms with Crippen molar-refractivity contribution in [1.29, 1.82) is 0 Å². The van der Waals surface area contributed by atoms with E-state index in [0.717, 1.165) is 6.42 Å². The standard InChI is InChI=1S/C10H18O/c1-3-5-6-7-8-9-10(11)4-2/h4,8-9,11H,3,5-7H2,1-2H3. The number of hydrogen-bond donors (Lipinski definition) is 1. The fraction of sp³-hybridized carbons (Fsp3) is 0.600. The molecule has 0 unspecified atom stereocenters. The van der Waals surface area contributed by atoms with Crippen LogP contribution in [0.25, 0.3) is 0 Å². The van der Waals surface area contributed by atoms with Crippen LogP contribution in [0.4, 0.5) is 0 Å². The summed E-state index contributed by atoms with van der Waals surface area (Å²) in [5.74, 6) is 0.362. The van der Waals surface area contributed by atoms with Gasteiger partial charge in [-0.1, -0.05) is 25.8 Å². The third-order valence-electron chi connectivity index (χ3n) is 1.56. The number of unbranched alkanes of at least 4 members (excludes halogenated alkanes) is 3. The Kier molecular flexibility index (Phi) is 6.90. The highest BCUT2D eigenvalue weighted by Crippen LogP contribution is 2.00. The maximum atomic E-state index is 8.99. The van der Waals surface area contributed by atoms with Crippen molar-refractivity contribution in [2.75, 3.05) is 0 Å². The first-order valence-corrected chi connectivity index (χ1v) is 4.33. The molecule has 1 heteroatoms. The van der Waals surface area contributed by atoms with E-state index in [0.29, 0.717) is 5.76 Å². The summed E-state index contributed by atoms with van der Waals surface area (Å²) in [5, 5.41) is 8.99. The first-order valence-electron chi connectivity index (χ1n) is 4.33. The van der Waals surface area contributed by atoms with Crippen molar-refractivity contribution < 1.29 is 5.11 Å². The Morgan fingerprint density at radius 1 is 1.36 bits per heavy atom. The molecule has 0 fully saturated rings. The lowest BCUT2D eigenvalue weighted by atomic mass is 10.2. The third kappa shape index (κ3) is 7.17. The Morgan fingerprint density at radius 3 is 2.64 bits per heavy atom. The number of allylic oxidation sites excluding steroid dienone is 3. The van der Waals surface area contributed by atoms with Gasteiger partial charge in [-0.2, -0.15) is 0 Å². The van der Waals surface area contributed by atoms with Crippen molar-refractivity contribution in [3.63, 3.8) is 0 Å². The van der Waals surface area contributed by atoms with E-state index in [4.69, 9.17) is 5.11 Å². The molecular weight excluding hydrogens is 136 g/mol. The summed E-state index contributed by atoms with van der Waals surface area (Å²) in [6.45, 7) is 4.01. The van der Waals surface area contributed by atoms with Crippen LogP contribution in [-0.4, -0.2) is 5.11 Å². The Balaban J connectivity index is 3.30. The van der Waals surface area contributed by atoms with Crippen LogP contribution in [0.3, 0.4) is 0 Å². The van der Waals surface area contributed by atoms with Gasteiger partial charge in [0.1, 0.15) is 5.76 Å². The average molecular weight is 154 g/mol. The highest BCUT2D eigenvalue weighted by atomic mass is 16.3. The van der Waals surface area contributed by atoms with Gasteiger partial charge in [-0.3, -0.25) is 0 Å². The molecule has 0 radical (unpaired) electrons. The van der Waals surface area contributed by atoms with Gasteiger partial charge < -0.3 is 5.11 Å². The summed E-state index contributed by atoms with van der Waals surface area (Å²) in [5.41, 5.74) is 0. The van der Waals surface area contributed by atoms with Crippen LogP contribution in [0.2, 0.25) is 0 Å². The van der Waals surface area contributed by atoms with Crippen LogP contribution in [0.15, 0.2) is 24.0 Å². The van der Waals surface area contributed by atoms with E-state index in [1.807, 2.05) is 13.0 Å². The summed E-state index contributed by atoms with van der Waals surface area (Å²) in [6.07, 6.45) is 10.3. The lowest BCUT2D eigenvalue weighted by molar-refractivity contribution is 0.431. The van der Waals surface area contributed by atoms with Gasteiger partial charge >= 0.3 is 0 Å². The van der Waals surface area contributed by atoms with Gasteiger partial charge in [0.25, 0.3) is 0 Å². The van der Waals surface area contributed by atoms with Crippen LogP contribution >= 0.6 is 0 Å². The number of hydrogen-bond acceptors (Lipinski definition) is 1. The lowest BCUT2D eigenvalue weighted by Crippen LogP contribution is -1.73. The maximum absolute atomic E-state index is 8.99. The van der Waals surface area contributed by atoms with Gasteiger partial charge in [-0.05, 0) is 31.9 Å². The maximum Gasteiger partial charge on any atom is 0.110 e. The largest absolute Gasteiger partial charge is 0.508 e. The van der Waals surface area contributed by atoms with Crippen molar-refractivity contribution in [1.82, 2.24) is 0 Å². The SMILES string of the molecule is CC=C(O)C=CCCCCC. The predicted octanol–water partition coefficient (Wildman–Crippen LogP) is 3.58. The minimum Gasteiger partial charge on any atom is -0.508 e. The zero-order valence-electron chi connectivity index (χ0n) is 7.51. The molecule has 0 atom stereocenters. The van der Waals surface area contributed by atoms with Gasteiger partial charge in [-0.25, -0.2) is 0 Å². The second kappa shape index (κ2) is 7.39. The molecule has 1 nitrogen and oxygen atoms in total. The average Bonchev–Trinajstić information content (AvgIpc) is 2.04. The monoisotopic (exact) mass is 154 g/mol. The Hall–Kier alpha value is -0.720. The van der Waals surface area contributed by atoms with E-state index in [-0.39, 0.29) is 0 Å². The molecule has 0 aromatic heterocycles. The second-order valence-electron chi connectivity index (χ2n) is 2.61. The molecular formula is C10H18O. The Morgan fingerprint density at radius 2 is 2.09 bits per heavy atom.